The minimum absolute atomic E-state index is 0.128. The number of rotatable bonds is 0. The molecule has 1 aliphatic rings. The molecule has 62 valence electrons. The van der Waals surface area contributed by atoms with Gasteiger partial charge in [-0.25, -0.2) is 0 Å². The van der Waals surface area contributed by atoms with Crippen molar-refractivity contribution in [3.05, 3.63) is 23.5 Å². The number of carbonyl (C=O) groups is 1. The summed E-state index contributed by atoms with van der Waals surface area (Å²) in [5, 5.41) is 0. The van der Waals surface area contributed by atoms with Crippen LogP contribution >= 0.6 is 0 Å². The lowest BCUT2D eigenvalue weighted by Gasteiger charge is -2.09. The third kappa shape index (κ3) is 0.897. The highest BCUT2D eigenvalue weighted by Gasteiger charge is 2.24. The second-order valence-corrected chi connectivity index (χ2v) is 3.11. The maximum absolute atomic E-state index is 11.2. The predicted octanol–water partition coefficient (Wildman–Crippen LogP) is 0.909. The molecular formula is C9H10N2O. The average molecular weight is 162 g/mol. The molecule has 1 aliphatic heterocycles. The zero-order valence-corrected chi connectivity index (χ0v) is 7.16. The van der Waals surface area contributed by atoms with Gasteiger partial charge in [0.25, 0.3) is 0 Å². The Morgan fingerprint density at radius 3 is 3.08 bits per heavy atom. The van der Waals surface area contributed by atoms with Gasteiger partial charge in [0.15, 0.2) is 0 Å². The van der Waals surface area contributed by atoms with Crippen LogP contribution < -0.4 is 4.90 Å². The van der Waals surface area contributed by atoms with Crippen molar-refractivity contribution in [2.24, 2.45) is 0 Å². The van der Waals surface area contributed by atoms with Crippen LogP contribution in [0.4, 0.5) is 5.69 Å². The molecule has 0 saturated heterocycles. The van der Waals surface area contributed by atoms with Crippen molar-refractivity contribution in [2.45, 2.75) is 13.3 Å². The number of hydrogen-bond acceptors (Lipinski definition) is 2. The minimum atomic E-state index is 0.128. The van der Waals surface area contributed by atoms with Crippen LogP contribution in [0.15, 0.2) is 12.3 Å². The van der Waals surface area contributed by atoms with Crippen molar-refractivity contribution in [3.8, 4) is 0 Å². The van der Waals surface area contributed by atoms with Crippen molar-refractivity contribution in [3.63, 3.8) is 0 Å². The highest BCUT2D eigenvalue weighted by atomic mass is 16.2. The zero-order chi connectivity index (χ0) is 8.72. The molecule has 0 aromatic carbocycles. The fourth-order valence-electron chi connectivity index (χ4n) is 1.40. The first kappa shape index (κ1) is 7.28. The Balaban J connectivity index is 2.55. The van der Waals surface area contributed by atoms with Gasteiger partial charge in [-0.15, -0.1) is 0 Å². The lowest BCUT2D eigenvalue weighted by Crippen LogP contribution is -2.20. The molecule has 2 heterocycles. The van der Waals surface area contributed by atoms with E-state index in [1.54, 1.807) is 18.1 Å². The summed E-state index contributed by atoms with van der Waals surface area (Å²) in [7, 11) is 1.79. The number of hydrogen-bond donors (Lipinski definition) is 0. The van der Waals surface area contributed by atoms with Gasteiger partial charge in [0.05, 0.1) is 17.8 Å². The molecular weight excluding hydrogens is 152 g/mol. The number of fused-ring (bicyclic) bond motifs is 1. The van der Waals surface area contributed by atoms with Crippen LogP contribution in [0.2, 0.25) is 0 Å². The van der Waals surface area contributed by atoms with Crippen molar-refractivity contribution in [2.75, 3.05) is 11.9 Å². The van der Waals surface area contributed by atoms with E-state index in [-0.39, 0.29) is 5.91 Å². The fraction of sp³-hybridized carbons (Fsp3) is 0.333. The van der Waals surface area contributed by atoms with Crippen LogP contribution in [-0.4, -0.2) is 17.9 Å². The number of aryl methyl sites for hydroxylation is 1. The molecule has 12 heavy (non-hydrogen) atoms. The third-order valence-electron chi connectivity index (χ3n) is 2.14. The Labute approximate surface area is 71.0 Å². The first-order valence-electron chi connectivity index (χ1n) is 3.90. The summed E-state index contributed by atoms with van der Waals surface area (Å²) in [6.07, 6.45) is 2.25. The molecule has 3 nitrogen and oxygen atoms in total. The van der Waals surface area contributed by atoms with E-state index in [9.17, 15) is 4.79 Å². The normalized spacial score (nSPS) is 15.2. The summed E-state index contributed by atoms with van der Waals surface area (Å²) in [4.78, 5) is 17.1. The van der Waals surface area contributed by atoms with Crippen LogP contribution in [0, 0.1) is 6.92 Å². The summed E-state index contributed by atoms with van der Waals surface area (Å²) in [6, 6.07) is 1.99. The van der Waals surface area contributed by atoms with E-state index in [0.717, 1.165) is 16.9 Å². The maximum Gasteiger partial charge on any atom is 0.232 e. The maximum atomic E-state index is 11.2. The number of anilines is 1. The smallest absolute Gasteiger partial charge is 0.232 e. The van der Waals surface area contributed by atoms with Crippen LogP contribution in [0.3, 0.4) is 0 Å². The SMILES string of the molecule is Cc1cnc2c(c1)N(C)C(=O)C2. The lowest BCUT2D eigenvalue weighted by molar-refractivity contribution is -0.117. The highest BCUT2D eigenvalue weighted by molar-refractivity contribution is 6.00. The Morgan fingerprint density at radius 2 is 2.33 bits per heavy atom. The van der Waals surface area contributed by atoms with Gasteiger partial charge < -0.3 is 4.90 Å². The van der Waals surface area contributed by atoms with Crippen LogP contribution in [-0.2, 0) is 11.2 Å². The van der Waals surface area contributed by atoms with Gasteiger partial charge >= 0.3 is 0 Å². The molecule has 0 fully saturated rings. The Bertz CT molecular complexity index is 346. The van der Waals surface area contributed by atoms with Crippen molar-refractivity contribution in [1.82, 2.24) is 4.98 Å². The summed E-state index contributed by atoms with van der Waals surface area (Å²) < 4.78 is 0. The molecule has 0 spiro atoms. The van der Waals surface area contributed by atoms with E-state index in [1.807, 2.05) is 13.0 Å². The number of aromatic nitrogens is 1. The van der Waals surface area contributed by atoms with Gasteiger partial charge in [-0.1, -0.05) is 0 Å². The summed E-state index contributed by atoms with van der Waals surface area (Å²) in [6.45, 7) is 1.98. The lowest BCUT2D eigenvalue weighted by atomic mass is 10.2. The number of amides is 1. The molecule has 3 heteroatoms. The third-order valence-corrected chi connectivity index (χ3v) is 2.14. The van der Waals surface area contributed by atoms with E-state index in [1.165, 1.54) is 0 Å². The van der Waals surface area contributed by atoms with E-state index in [0.29, 0.717) is 6.42 Å². The zero-order valence-electron chi connectivity index (χ0n) is 7.16. The number of pyridine rings is 1. The number of nitrogens with zero attached hydrogens (tertiary/aromatic N) is 2. The molecule has 0 N–H and O–H groups in total. The van der Waals surface area contributed by atoms with Gasteiger partial charge in [0.1, 0.15) is 0 Å². The molecule has 2 rings (SSSR count). The molecule has 1 aromatic rings. The first-order chi connectivity index (χ1) is 5.68. The molecule has 0 saturated carbocycles. The van der Waals surface area contributed by atoms with Crippen LogP contribution in [0.5, 0.6) is 0 Å². The summed E-state index contributed by atoms with van der Waals surface area (Å²) >= 11 is 0. The second-order valence-electron chi connectivity index (χ2n) is 3.11. The summed E-state index contributed by atoms with van der Waals surface area (Å²) in [5.74, 6) is 0.128. The van der Waals surface area contributed by atoms with Crippen LogP contribution in [0.25, 0.3) is 0 Å². The quantitative estimate of drug-likeness (QED) is 0.568. The topological polar surface area (TPSA) is 33.2 Å². The molecule has 1 amide bonds. The highest BCUT2D eigenvalue weighted by Crippen LogP contribution is 2.25. The number of likely N-dealkylation sites (N-methyl/N-ethyl adjacent to an activating group) is 1. The molecule has 0 atom stereocenters. The minimum Gasteiger partial charge on any atom is -0.313 e. The van der Waals surface area contributed by atoms with Gasteiger partial charge in [0.2, 0.25) is 5.91 Å². The second kappa shape index (κ2) is 2.30. The largest absolute Gasteiger partial charge is 0.313 e. The number of carbonyl (C=O) groups excluding carboxylic acids is 1. The van der Waals surface area contributed by atoms with Gasteiger partial charge in [-0.3, -0.25) is 9.78 Å². The van der Waals surface area contributed by atoms with Gasteiger partial charge in [-0.05, 0) is 18.6 Å². The van der Waals surface area contributed by atoms with E-state index < -0.39 is 0 Å². The first-order valence-corrected chi connectivity index (χ1v) is 3.90. The molecule has 0 unspecified atom stereocenters. The van der Waals surface area contributed by atoms with E-state index in [2.05, 4.69) is 4.98 Å². The molecule has 0 aliphatic carbocycles. The Morgan fingerprint density at radius 1 is 1.58 bits per heavy atom. The Hall–Kier alpha value is -1.38. The summed E-state index contributed by atoms with van der Waals surface area (Å²) in [5.41, 5.74) is 2.95. The monoisotopic (exact) mass is 162 g/mol. The molecule has 1 aromatic heterocycles. The molecule has 0 bridgehead atoms. The van der Waals surface area contributed by atoms with E-state index in [4.69, 9.17) is 0 Å². The van der Waals surface area contributed by atoms with Crippen LogP contribution in [0.1, 0.15) is 11.3 Å². The Kier molecular flexibility index (Phi) is 1.40. The van der Waals surface area contributed by atoms with Crippen molar-refractivity contribution in [1.29, 1.82) is 0 Å². The standard InChI is InChI=1S/C9H10N2O/c1-6-3-8-7(10-5-6)4-9(12)11(8)2/h3,5H,4H2,1-2H3. The van der Waals surface area contributed by atoms with Gasteiger partial charge in [0, 0.05) is 13.2 Å². The fourth-order valence-corrected chi connectivity index (χ4v) is 1.40. The van der Waals surface area contributed by atoms with Crippen molar-refractivity contribution < 1.29 is 4.79 Å². The van der Waals surface area contributed by atoms with E-state index >= 15 is 0 Å². The predicted molar refractivity (Wildman–Crippen MR) is 46.1 cm³/mol. The van der Waals surface area contributed by atoms with Gasteiger partial charge in [-0.2, -0.15) is 0 Å². The molecule has 0 radical (unpaired) electrons. The van der Waals surface area contributed by atoms with Crippen molar-refractivity contribution >= 4 is 11.6 Å². The average Bonchev–Trinajstić information content (AvgIpc) is 2.31.